The Hall–Kier alpha value is -3.74. The van der Waals surface area contributed by atoms with Crippen LogP contribution in [0.25, 0.3) is 16.7 Å². The fourth-order valence-corrected chi connectivity index (χ4v) is 2.68. The zero-order valence-electron chi connectivity index (χ0n) is 15.0. The summed E-state index contributed by atoms with van der Waals surface area (Å²) in [5, 5.41) is 9.50. The molecule has 0 spiro atoms. The minimum Gasteiger partial charge on any atom is -0.497 e. The van der Waals surface area contributed by atoms with E-state index in [0.29, 0.717) is 11.5 Å². The monoisotopic (exact) mass is 358 g/mol. The van der Waals surface area contributed by atoms with Crippen molar-refractivity contribution in [3.05, 3.63) is 72.2 Å². The molecule has 1 N–H and O–H groups in total. The third kappa shape index (κ3) is 3.48. The minimum absolute atomic E-state index is 0.595. The van der Waals surface area contributed by atoms with Crippen LogP contribution < -0.4 is 10.2 Å². The van der Waals surface area contributed by atoms with Gasteiger partial charge in [0, 0.05) is 6.07 Å². The molecule has 0 fully saturated rings. The third-order valence-electron chi connectivity index (χ3n) is 4.13. The van der Waals surface area contributed by atoms with Gasteiger partial charge in [-0.05, 0) is 24.6 Å². The lowest BCUT2D eigenvalue weighted by Crippen LogP contribution is -2.00. The first-order chi connectivity index (χ1) is 13.2. The molecule has 0 atom stereocenters. The van der Waals surface area contributed by atoms with E-state index in [4.69, 9.17) is 4.74 Å². The number of ether oxygens (including phenoxy) is 1. The van der Waals surface area contributed by atoms with Crippen molar-refractivity contribution in [1.29, 1.82) is 0 Å². The standard InChI is InChI=1S/C20H18N6O/c1-14-6-8-15(9-7-14)11-23-25-19-18-12-24-26(20(18)22-13-21-19)16-4-3-5-17(10-16)27-2/h3-13H,1-2H3,(H,21,22,25)/b23-11-. The molecule has 7 heteroatoms. The summed E-state index contributed by atoms with van der Waals surface area (Å²) in [5.41, 5.74) is 6.74. The largest absolute Gasteiger partial charge is 0.497 e. The van der Waals surface area contributed by atoms with Gasteiger partial charge in [-0.3, -0.25) is 5.43 Å². The van der Waals surface area contributed by atoms with Gasteiger partial charge in [-0.25, -0.2) is 14.6 Å². The highest BCUT2D eigenvalue weighted by atomic mass is 16.5. The summed E-state index contributed by atoms with van der Waals surface area (Å²) in [6.45, 7) is 2.05. The van der Waals surface area contributed by atoms with Gasteiger partial charge in [0.25, 0.3) is 0 Å². The minimum atomic E-state index is 0.595. The molecular formula is C20H18N6O. The average molecular weight is 358 g/mol. The Morgan fingerprint density at radius 2 is 1.96 bits per heavy atom. The van der Waals surface area contributed by atoms with Crippen LogP contribution in [0, 0.1) is 6.92 Å². The quantitative estimate of drug-likeness (QED) is 0.436. The summed E-state index contributed by atoms with van der Waals surface area (Å²) in [4.78, 5) is 8.65. The number of anilines is 1. The molecule has 0 radical (unpaired) electrons. The number of hydrazone groups is 1. The molecule has 0 bridgehead atoms. The highest BCUT2D eigenvalue weighted by Crippen LogP contribution is 2.23. The third-order valence-corrected chi connectivity index (χ3v) is 4.13. The number of aryl methyl sites for hydroxylation is 1. The molecule has 0 saturated carbocycles. The molecule has 134 valence electrons. The maximum atomic E-state index is 5.29. The van der Waals surface area contributed by atoms with E-state index >= 15 is 0 Å². The summed E-state index contributed by atoms with van der Waals surface area (Å²) in [6.07, 6.45) is 4.96. The molecule has 4 rings (SSSR count). The molecule has 0 aliphatic rings. The van der Waals surface area contributed by atoms with Crippen LogP contribution in [0.4, 0.5) is 5.82 Å². The number of nitrogens with zero attached hydrogens (tertiary/aromatic N) is 5. The Bertz CT molecular complexity index is 1100. The van der Waals surface area contributed by atoms with Crippen LogP contribution in [0.1, 0.15) is 11.1 Å². The van der Waals surface area contributed by atoms with E-state index in [-0.39, 0.29) is 0 Å². The number of hydrogen-bond acceptors (Lipinski definition) is 6. The van der Waals surface area contributed by atoms with Gasteiger partial charge in [0.2, 0.25) is 0 Å². The summed E-state index contributed by atoms with van der Waals surface area (Å²) in [7, 11) is 1.64. The van der Waals surface area contributed by atoms with Crippen molar-refractivity contribution >= 4 is 23.1 Å². The van der Waals surface area contributed by atoms with Crippen LogP contribution >= 0.6 is 0 Å². The zero-order chi connectivity index (χ0) is 18.6. The summed E-state index contributed by atoms with van der Waals surface area (Å²) in [6, 6.07) is 15.8. The smallest absolute Gasteiger partial charge is 0.168 e. The van der Waals surface area contributed by atoms with Gasteiger partial charge in [-0.1, -0.05) is 35.9 Å². The number of nitrogens with one attached hydrogen (secondary N) is 1. The van der Waals surface area contributed by atoms with Gasteiger partial charge >= 0.3 is 0 Å². The predicted molar refractivity (Wildman–Crippen MR) is 106 cm³/mol. The van der Waals surface area contributed by atoms with Gasteiger partial charge in [-0.15, -0.1) is 0 Å². The molecule has 0 unspecified atom stereocenters. The van der Waals surface area contributed by atoms with Gasteiger partial charge in [0.15, 0.2) is 11.5 Å². The molecule has 4 aromatic rings. The maximum Gasteiger partial charge on any atom is 0.168 e. The van der Waals surface area contributed by atoms with E-state index < -0.39 is 0 Å². The van der Waals surface area contributed by atoms with Crippen LogP contribution in [0.3, 0.4) is 0 Å². The normalized spacial score (nSPS) is 11.2. The van der Waals surface area contributed by atoms with Crippen molar-refractivity contribution in [2.24, 2.45) is 5.10 Å². The highest BCUT2D eigenvalue weighted by molar-refractivity contribution is 5.88. The van der Waals surface area contributed by atoms with E-state index in [0.717, 1.165) is 22.4 Å². The fourth-order valence-electron chi connectivity index (χ4n) is 2.68. The molecule has 7 nitrogen and oxygen atoms in total. The number of benzene rings is 2. The second-order valence-corrected chi connectivity index (χ2v) is 6.00. The van der Waals surface area contributed by atoms with Crippen LogP contribution in [0.2, 0.25) is 0 Å². The van der Waals surface area contributed by atoms with E-state index in [1.54, 1.807) is 24.2 Å². The van der Waals surface area contributed by atoms with Crippen molar-refractivity contribution in [3.8, 4) is 11.4 Å². The Balaban J connectivity index is 1.63. The number of methoxy groups -OCH3 is 1. The lowest BCUT2D eigenvalue weighted by molar-refractivity contribution is 0.414. The van der Waals surface area contributed by atoms with Crippen LogP contribution in [-0.4, -0.2) is 33.1 Å². The summed E-state index contributed by atoms with van der Waals surface area (Å²) in [5.74, 6) is 1.35. The van der Waals surface area contributed by atoms with Crippen molar-refractivity contribution in [2.75, 3.05) is 12.5 Å². The van der Waals surface area contributed by atoms with Crippen molar-refractivity contribution < 1.29 is 4.74 Å². The van der Waals surface area contributed by atoms with Crippen molar-refractivity contribution in [2.45, 2.75) is 6.92 Å². The summed E-state index contributed by atoms with van der Waals surface area (Å²) >= 11 is 0. The SMILES string of the molecule is COc1cccc(-n2ncc3c(N/N=C\c4ccc(C)cc4)ncnc32)c1. The molecule has 0 aliphatic carbocycles. The van der Waals surface area contributed by atoms with E-state index in [2.05, 4.69) is 32.5 Å². The van der Waals surface area contributed by atoms with E-state index in [9.17, 15) is 0 Å². The molecule has 0 amide bonds. The maximum absolute atomic E-state index is 5.29. The molecular weight excluding hydrogens is 340 g/mol. The van der Waals surface area contributed by atoms with Gasteiger partial charge in [-0.2, -0.15) is 10.2 Å². The van der Waals surface area contributed by atoms with Gasteiger partial charge < -0.3 is 4.74 Å². The second-order valence-electron chi connectivity index (χ2n) is 6.00. The lowest BCUT2D eigenvalue weighted by atomic mass is 10.2. The predicted octanol–water partition coefficient (Wildman–Crippen LogP) is 3.58. The Morgan fingerprint density at radius 3 is 2.78 bits per heavy atom. The van der Waals surface area contributed by atoms with Crippen molar-refractivity contribution in [3.63, 3.8) is 0 Å². The second kappa shape index (κ2) is 7.25. The first kappa shape index (κ1) is 16.7. The first-order valence-corrected chi connectivity index (χ1v) is 8.43. The average Bonchev–Trinajstić information content (AvgIpc) is 3.14. The lowest BCUT2D eigenvalue weighted by Gasteiger charge is -2.06. The van der Waals surface area contributed by atoms with E-state index in [1.165, 1.54) is 11.9 Å². The zero-order valence-corrected chi connectivity index (χ0v) is 15.0. The van der Waals surface area contributed by atoms with Crippen LogP contribution in [0.15, 0.2) is 66.2 Å². The van der Waals surface area contributed by atoms with Gasteiger partial charge in [0.1, 0.15) is 12.1 Å². The first-order valence-electron chi connectivity index (χ1n) is 8.43. The molecule has 27 heavy (non-hydrogen) atoms. The number of hydrogen-bond donors (Lipinski definition) is 1. The summed E-state index contributed by atoms with van der Waals surface area (Å²) < 4.78 is 7.03. The van der Waals surface area contributed by atoms with E-state index in [1.807, 2.05) is 48.5 Å². The molecule has 0 saturated heterocycles. The van der Waals surface area contributed by atoms with Crippen LogP contribution in [-0.2, 0) is 0 Å². The fraction of sp³-hybridized carbons (Fsp3) is 0.100. The number of rotatable bonds is 5. The van der Waals surface area contributed by atoms with Crippen molar-refractivity contribution in [1.82, 2.24) is 19.7 Å². The topological polar surface area (TPSA) is 77.2 Å². The van der Waals surface area contributed by atoms with Gasteiger partial charge in [0.05, 0.1) is 30.6 Å². The Morgan fingerprint density at radius 1 is 1.11 bits per heavy atom. The number of fused-ring (bicyclic) bond motifs is 1. The molecule has 2 aromatic heterocycles. The molecule has 2 aromatic carbocycles. The van der Waals surface area contributed by atoms with Crippen LogP contribution in [0.5, 0.6) is 5.75 Å². The molecule has 0 aliphatic heterocycles. The highest BCUT2D eigenvalue weighted by Gasteiger charge is 2.11. The number of aromatic nitrogens is 4. The Kier molecular flexibility index (Phi) is 4.49. The molecule has 2 heterocycles. The Labute approximate surface area is 156 Å².